The Morgan fingerprint density at radius 2 is 0.611 bits per heavy atom. The Bertz CT molecular complexity index is 811. The number of hydrogen-bond donors (Lipinski definition) is 0. The molecule has 0 spiro atoms. The summed E-state index contributed by atoms with van der Waals surface area (Å²) >= 11 is 0. The van der Waals surface area contributed by atoms with Crippen LogP contribution in [0, 0.1) is 5.92 Å². The molecule has 0 unspecified atom stereocenters. The molecule has 0 amide bonds. The van der Waals surface area contributed by atoms with E-state index in [-0.39, 0.29) is 31.1 Å². The molecule has 0 aromatic rings. The third kappa shape index (κ3) is 41.6. The summed E-state index contributed by atoms with van der Waals surface area (Å²) in [5, 5.41) is 0. The summed E-state index contributed by atoms with van der Waals surface area (Å²) in [4.78, 5) is 37.7. The lowest BCUT2D eigenvalue weighted by Crippen LogP contribution is -2.30. The molecule has 0 aliphatic rings. The first-order chi connectivity index (χ1) is 26.4. The van der Waals surface area contributed by atoms with Gasteiger partial charge in [0.1, 0.15) is 13.2 Å². The standard InChI is InChI=1S/C48H92O6/c1-5-7-9-11-13-15-17-19-21-23-27-31-35-39-46(49)52-42-45(43-53-47(50)40-36-32-29-25-26-30-34-38-44(3)4)54-48(51)41-37-33-28-24-22-20-18-16-14-12-10-8-6-2/h44-45H,5-43H2,1-4H3/t45-/m1/s1. The lowest BCUT2D eigenvalue weighted by Gasteiger charge is -2.18. The molecule has 6 heteroatoms. The van der Waals surface area contributed by atoms with E-state index in [1.54, 1.807) is 0 Å². The maximum Gasteiger partial charge on any atom is 0.306 e. The zero-order chi connectivity index (χ0) is 39.6. The Balaban J connectivity index is 4.32. The van der Waals surface area contributed by atoms with Crippen molar-refractivity contribution in [3.63, 3.8) is 0 Å². The first-order valence-corrected chi connectivity index (χ1v) is 23.9. The number of hydrogen-bond acceptors (Lipinski definition) is 6. The molecule has 0 radical (unpaired) electrons. The molecule has 0 aliphatic heterocycles. The SMILES string of the molecule is CCCCCCCCCCCCCCCC(=O)OC[C@H](COC(=O)CCCCCCCCCC(C)C)OC(=O)CCCCCCCCCCCCCCC. The van der Waals surface area contributed by atoms with Gasteiger partial charge in [0.2, 0.25) is 0 Å². The van der Waals surface area contributed by atoms with Crippen LogP contribution in [-0.2, 0) is 28.6 Å². The van der Waals surface area contributed by atoms with Crippen molar-refractivity contribution in [2.24, 2.45) is 5.92 Å². The van der Waals surface area contributed by atoms with Gasteiger partial charge in [-0.15, -0.1) is 0 Å². The van der Waals surface area contributed by atoms with Gasteiger partial charge in [0, 0.05) is 19.3 Å². The Morgan fingerprint density at radius 3 is 0.907 bits per heavy atom. The van der Waals surface area contributed by atoms with Crippen LogP contribution in [0.15, 0.2) is 0 Å². The largest absolute Gasteiger partial charge is 0.462 e. The Labute approximate surface area is 336 Å². The summed E-state index contributed by atoms with van der Waals surface area (Å²) < 4.78 is 16.7. The second-order valence-corrected chi connectivity index (χ2v) is 16.9. The van der Waals surface area contributed by atoms with E-state index in [2.05, 4.69) is 27.7 Å². The highest BCUT2D eigenvalue weighted by Gasteiger charge is 2.19. The minimum Gasteiger partial charge on any atom is -0.462 e. The molecule has 0 rings (SSSR count). The lowest BCUT2D eigenvalue weighted by molar-refractivity contribution is -0.167. The first-order valence-electron chi connectivity index (χ1n) is 23.9. The molecule has 0 saturated heterocycles. The smallest absolute Gasteiger partial charge is 0.306 e. The van der Waals surface area contributed by atoms with E-state index >= 15 is 0 Å². The summed E-state index contributed by atoms with van der Waals surface area (Å²) in [6.45, 7) is 8.96. The molecule has 0 aromatic carbocycles. The van der Waals surface area contributed by atoms with Gasteiger partial charge in [-0.05, 0) is 25.2 Å². The first kappa shape index (κ1) is 52.4. The van der Waals surface area contributed by atoms with Crippen LogP contribution in [0.3, 0.4) is 0 Å². The predicted octanol–water partition coefficient (Wildman–Crippen LogP) is 15.1. The molecule has 320 valence electrons. The second-order valence-electron chi connectivity index (χ2n) is 16.9. The number of esters is 3. The van der Waals surface area contributed by atoms with E-state index in [9.17, 15) is 14.4 Å². The third-order valence-electron chi connectivity index (χ3n) is 10.8. The van der Waals surface area contributed by atoms with E-state index in [1.807, 2.05) is 0 Å². The van der Waals surface area contributed by atoms with Crippen LogP contribution in [0.2, 0.25) is 0 Å². The van der Waals surface area contributed by atoms with Crippen molar-refractivity contribution in [1.29, 1.82) is 0 Å². The Hall–Kier alpha value is -1.59. The van der Waals surface area contributed by atoms with E-state index < -0.39 is 6.10 Å². The summed E-state index contributed by atoms with van der Waals surface area (Å²) in [6.07, 6.45) is 42.3. The van der Waals surface area contributed by atoms with Crippen LogP contribution in [0.5, 0.6) is 0 Å². The highest BCUT2D eigenvalue weighted by Crippen LogP contribution is 2.16. The molecule has 0 aliphatic carbocycles. The van der Waals surface area contributed by atoms with Gasteiger partial charge in [-0.25, -0.2) is 0 Å². The molecule has 0 heterocycles. The van der Waals surface area contributed by atoms with Crippen LogP contribution >= 0.6 is 0 Å². The summed E-state index contributed by atoms with van der Waals surface area (Å²) in [7, 11) is 0. The van der Waals surface area contributed by atoms with Gasteiger partial charge in [0.05, 0.1) is 0 Å². The van der Waals surface area contributed by atoms with Gasteiger partial charge in [0.25, 0.3) is 0 Å². The zero-order valence-corrected chi connectivity index (χ0v) is 36.7. The summed E-state index contributed by atoms with van der Waals surface area (Å²) in [5.41, 5.74) is 0. The van der Waals surface area contributed by atoms with Crippen molar-refractivity contribution in [2.75, 3.05) is 13.2 Å². The number of carbonyl (C=O) groups is 3. The topological polar surface area (TPSA) is 78.9 Å². The molecule has 0 aromatic heterocycles. The van der Waals surface area contributed by atoms with Gasteiger partial charge in [0.15, 0.2) is 6.10 Å². The van der Waals surface area contributed by atoms with E-state index in [0.29, 0.717) is 19.3 Å². The van der Waals surface area contributed by atoms with Crippen molar-refractivity contribution < 1.29 is 28.6 Å². The average Bonchev–Trinajstić information content (AvgIpc) is 3.15. The number of rotatable bonds is 43. The molecular formula is C48H92O6. The van der Waals surface area contributed by atoms with Crippen molar-refractivity contribution >= 4 is 17.9 Å². The van der Waals surface area contributed by atoms with Gasteiger partial charge in [-0.2, -0.15) is 0 Å². The fourth-order valence-electron chi connectivity index (χ4n) is 7.16. The van der Waals surface area contributed by atoms with Gasteiger partial charge < -0.3 is 14.2 Å². The van der Waals surface area contributed by atoms with Gasteiger partial charge >= 0.3 is 17.9 Å². The van der Waals surface area contributed by atoms with Crippen molar-refractivity contribution in [1.82, 2.24) is 0 Å². The van der Waals surface area contributed by atoms with Crippen LogP contribution in [-0.4, -0.2) is 37.2 Å². The number of ether oxygens (including phenoxy) is 3. The monoisotopic (exact) mass is 765 g/mol. The van der Waals surface area contributed by atoms with Crippen molar-refractivity contribution in [3.05, 3.63) is 0 Å². The third-order valence-corrected chi connectivity index (χ3v) is 10.8. The van der Waals surface area contributed by atoms with Gasteiger partial charge in [-0.1, -0.05) is 227 Å². The fourth-order valence-corrected chi connectivity index (χ4v) is 7.16. The molecular weight excluding hydrogens is 673 g/mol. The average molecular weight is 765 g/mol. The Morgan fingerprint density at radius 1 is 0.352 bits per heavy atom. The molecule has 0 fully saturated rings. The lowest BCUT2D eigenvalue weighted by atomic mass is 10.0. The molecule has 0 N–H and O–H groups in total. The number of carbonyl (C=O) groups excluding carboxylic acids is 3. The van der Waals surface area contributed by atoms with Crippen LogP contribution in [0.4, 0.5) is 0 Å². The van der Waals surface area contributed by atoms with Crippen LogP contribution < -0.4 is 0 Å². The molecule has 0 saturated carbocycles. The highest BCUT2D eigenvalue weighted by molar-refractivity contribution is 5.71. The summed E-state index contributed by atoms with van der Waals surface area (Å²) in [6, 6.07) is 0. The van der Waals surface area contributed by atoms with Gasteiger partial charge in [-0.3, -0.25) is 14.4 Å². The van der Waals surface area contributed by atoms with Crippen LogP contribution in [0.25, 0.3) is 0 Å². The Kier molecular flexibility index (Phi) is 41.3. The predicted molar refractivity (Wildman–Crippen MR) is 229 cm³/mol. The fraction of sp³-hybridized carbons (Fsp3) is 0.938. The van der Waals surface area contributed by atoms with E-state index in [4.69, 9.17) is 14.2 Å². The van der Waals surface area contributed by atoms with Crippen molar-refractivity contribution in [2.45, 2.75) is 271 Å². The number of unbranched alkanes of at least 4 members (excludes halogenated alkanes) is 30. The highest BCUT2D eigenvalue weighted by atomic mass is 16.6. The quantitative estimate of drug-likeness (QED) is 0.0349. The zero-order valence-electron chi connectivity index (χ0n) is 36.7. The van der Waals surface area contributed by atoms with E-state index in [1.165, 1.54) is 161 Å². The van der Waals surface area contributed by atoms with Crippen molar-refractivity contribution in [3.8, 4) is 0 Å². The molecule has 1 atom stereocenters. The minimum atomic E-state index is -0.759. The maximum absolute atomic E-state index is 12.7. The molecule has 6 nitrogen and oxygen atoms in total. The minimum absolute atomic E-state index is 0.0638. The van der Waals surface area contributed by atoms with E-state index in [0.717, 1.165) is 63.7 Å². The maximum atomic E-state index is 12.7. The van der Waals surface area contributed by atoms with Crippen LogP contribution in [0.1, 0.15) is 265 Å². The summed E-state index contributed by atoms with van der Waals surface area (Å²) in [5.74, 6) is -0.0712. The molecule has 54 heavy (non-hydrogen) atoms. The normalized spacial score (nSPS) is 11.9. The molecule has 0 bridgehead atoms. The second kappa shape index (κ2) is 42.6.